The van der Waals surface area contributed by atoms with E-state index < -0.39 is 0 Å². The van der Waals surface area contributed by atoms with Crippen molar-refractivity contribution in [1.82, 2.24) is 0 Å². The fraction of sp³-hybridized carbons (Fsp3) is 0.273. The van der Waals surface area contributed by atoms with Crippen molar-refractivity contribution in [3.05, 3.63) is 138 Å². The van der Waals surface area contributed by atoms with Gasteiger partial charge >= 0.3 is 0 Å². The van der Waals surface area contributed by atoms with Crippen LogP contribution in [0.15, 0.2) is 115 Å². The zero-order valence-electron chi connectivity index (χ0n) is 20.1. The number of hydrogen-bond acceptors (Lipinski definition) is 1. The molecular formula is C33H36O. The molecule has 0 saturated heterocycles. The van der Waals surface area contributed by atoms with Crippen LogP contribution < -0.4 is 0 Å². The van der Waals surface area contributed by atoms with Gasteiger partial charge in [-0.05, 0) is 53.6 Å². The summed E-state index contributed by atoms with van der Waals surface area (Å²) in [6.45, 7) is 0. The van der Waals surface area contributed by atoms with E-state index in [9.17, 15) is 5.11 Å². The molecule has 0 aliphatic rings. The van der Waals surface area contributed by atoms with Gasteiger partial charge in [0, 0.05) is 5.41 Å². The van der Waals surface area contributed by atoms with Crippen LogP contribution in [0.2, 0.25) is 0 Å². The molecule has 0 amide bonds. The molecule has 0 aromatic heterocycles. The largest absolute Gasteiger partial charge is 0.508 e. The molecular weight excluding hydrogens is 412 g/mol. The van der Waals surface area contributed by atoms with Gasteiger partial charge in [0.25, 0.3) is 0 Å². The third-order valence-corrected chi connectivity index (χ3v) is 7.00. The maximum Gasteiger partial charge on any atom is 0.115 e. The van der Waals surface area contributed by atoms with E-state index in [1.54, 1.807) is 12.1 Å². The van der Waals surface area contributed by atoms with Gasteiger partial charge in [-0.15, -0.1) is 0 Å². The molecule has 4 aromatic rings. The summed E-state index contributed by atoms with van der Waals surface area (Å²) in [5, 5.41) is 9.42. The Hall–Kier alpha value is -3.32. The second-order valence-corrected chi connectivity index (χ2v) is 9.29. The predicted octanol–water partition coefficient (Wildman–Crippen LogP) is 8.70. The molecule has 1 N–H and O–H groups in total. The monoisotopic (exact) mass is 448 g/mol. The number of phenols is 1. The first kappa shape index (κ1) is 23.8. The van der Waals surface area contributed by atoms with Crippen LogP contribution in [-0.4, -0.2) is 5.11 Å². The minimum Gasteiger partial charge on any atom is -0.508 e. The molecule has 0 aliphatic carbocycles. The molecule has 0 radical (unpaired) electrons. The van der Waals surface area contributed by atoms with Crippen molar-refractivity contribution in [2.24, 2.45) is 0 Å². The summed E-state index contributed by atoms with van der Waals surface area (Å²) < 4.78 is 0. The summed E-state index contributed by atoms with van der Waals surface area (Å²) in [4.78, 5) is 0. The lowest BCUT2D eigenvalue weighted by molar-refractivity contribution is 0.475. The van der Waals surface area contributed by atoms with Crippen molar-refractivity contribution in [2.75, 3.05) is 0 Å². The van der Waals surface area contributed by atoms with Gasteiger partial charge in [0.05, 0.1) is 0 Å². The van der Waals surface area contributed by atoms with E-state index in [-0.39, 0.29) is 5.41 Å². The summed E-state index contributed by atoms with van der Waals surface area (Å²) in [6.07, 6.45) is 9.72. The van der Waals surface area contributed by atoms with Crippen molar-refractivity contribution in [3.8, 4) is 5.75 Å². The van der Waals surface area contributed by atoms with Crippen molar-refractivity contribution >= 4 is 0 Å². The van der Waals surface area contributed by atoms with Gasteiger partial charge in [0.15, 0.2) is 0 Å². The summed E-state index contributed by atoms with van der Waals surface area (Å²) in [5.74, 6) is 0.348. The average Bonchev–Trinajstić information content (AvgIpc) is 2.90. The van der Waals surface area contributed by atoms with E-state index in [0.717, 1.165) is 12.8 Å². The minimum absolute atomic E-state index is 0.122. The fourth-order valence-electron chi connectivity index (χ4n) is 5.19. The zero-order valence-corrected chi connectivity index (χ0v) is 20.1. The Morgan fingerprint density at radius 1 is 0.441 bits per heavy atom. The molecule has 1 heteroatoms. The summed E-state index contributed by atoms with van der Waals surface area (Å²) in [6, 6.07) is 40.8. The Labute approximate surface area is 205 Å². The van der Waals surface area contributed by atoms with Crippen molar-refractivity contribution in [1.29, 1.82) is 0 Å². The molecule has 0 atom stereocenters. The third-order valence-electron chi connectivity index (χ3n) is 7.00. The number of aromatic hydroxyl groups is 1. The van der Waals surface area contributed by atoms with Gasteiger partial charge in [-0.2, -0.15) is 0 Å². The van der Waals surface area contributed by atoms with E-state index in [1.807, 2.05) is 12.1 Å². The molecule has 0 fully saturated rings. The van der Waals surface area contributed by atoms with Gasteiger partial charge in [-0.25, -0.2) is 0 Å². The number of unbranched alkanes of at least 4 members (excludes halogenated alkanes) is 5. The van der Waals surface area contributed by atoms with Crippen LogP contribution in [0.5, 0.6) is 5.75 Å². The lowest BCUT2D eigenvalue weighted by atomic mass is 9.66. The molecule has 0 bridgehead atoms. The van der Waals surface area contributed by atoms with E-state index in [0.29, 0.717) is 5.75 Å². The lowest BCUT2D eigenvalue weighted by Gasteiger charge is -2.36. The van der Waals surface area contributed by atoms with Gasteiger partial charge in [0.2, 0.25) is 0 Å². The zero-order chi connectivity index (χ0) is 23.5. The van der Waals surface area contributed by atoms with Gasteiger partial charge in [0.1, 0.15) is 5.75 Å². The molecule has 0 spiro atoms. The molecule has 174 valence electrons. The lowest BCUT2D eigenvalue weighted by Crippen LogP contribution is -2.29. The molecule has 34 heavy (non-hydrogen) atoms. The number of rotatable bonds is 12. The van der Waals surface area contributed by atoms with Gasteiger partial charge < -0.3 is 5.11 Å². The van der Waals surface area contributed by atoms with Crippen LogP contribution in [0, 0.1) is 0 Å². The van der Waals surface area contributed by atoms with Crippen LogP contribution in [0.1, 0.15) is 67.2 Å². The van der Waals surface area contributed by atoms with E-state index in [4.69, 9.17) is 0 Å². The summed E-state index contributed by atoms with van der Waals surface area (Å²) >= 11 is 0. The molecule has 0 aliphatic heterocycles. The minimum atomic E-state index is -0.122. The van der Waals surface area contributed by atoms with Crippen LogP contribution in [0.25, 0.3) is 0 Å². The maximum absolute atomic E-state index is 9.42. The first-order valence-corrected chi connectivity index (χ1v) is 12.7. The normalized spacial score (nSPS) is 11.4. The summed E-state index contributed by atoms with van der Waals surface area (Å²) in [7, 11) is 0. The quantitative estimate of drug-likeness (QED) is 0.170. The highest BCUT2D eigenvalue weighted by Crippen LogP contribution is 2.43. The fourth-order valence-corrected chi connectivity index (χ4v) is 5.19. The van der Waals surface area contributed by atoms with Crippen molar-refractivity contribution < 1.29 is 5.11 Å². The Morgan fingerprint density at radius 2 is 0.853 bits per heavy atom. The third kappa shape index (κ3) is 5.97. The van der Waals surface area contributed by atoms with Gasteiger partial charge in [-0.1, -0.05) is 135 Å². The Bertz CT molecular complexity index is 989. The second kappa shape index (κ2) is 12.2. The number of aryl methyl sites for hydroxylation is 1. The van der Waals surface area contributed by atoms with E-state index in [2.05, 4.69) is 91.0 Å². The number of phenolic OH excluding ortho intramolecular Hbond substituents is 1. The molecule has 4 rings (SSSR count). The SMILES string of the molecule is Oc1ccc(CCCCCCCCC(c2ccccc2)(c2ccccc2)c2ccccc2)cc1. The van der Waals surface area contributed by atoms with E-state index >= 15 is 0 Å². The van der Waals surface area contributed by atoms with Gasteiger partial charge in [-0.3, -0.25) is 0 Å². The number of benzene rings is 4. The molecule has 4 aromatic carbocycles. The van der Waals surface area contributed by atoms with Crippen LogP contribution in [-0.2, 0) is 11.8 Å². The smallest absolute Gasteiger partial charge is 0.115 e. The highest BCUT2D eigenvalue weighted by molar-refractivity contribution is 5.50. The standard InChI is InChI=1S/C33H36O/c34-32-25-23-28(24-26-32)16-8-3-1-2-4-15-27-33(29-17-9-5-10-18-29,30-19-11-6-12-20-30)31-21-13-7-14-22-31/h5-7,9-14,17-26,34H,1-4,8,15-16,27H2. The Kier molecular flexibility index (Phi) is 8.57. The first-order valence-electron chi connectivity index (χ1n) is 12.7. The highest BCUT2D eigenvalue weighted by Gasteiger charge is 2.35. The second-order valence-electron chi connectivity index (χ2n) is 9.29. The van der Waals surface area contributed by atoms with Crippen molar-refractivity contribution in [3.63, 3.8) is 0 Å². The Morgan fingerprint density at radius 3 is 1.32 bits per heavy atom. The highest BCUT2D eigenvalue weighted by atomic mass is 16.3. The molecule has 0 heterocycles. The predicted molar refractivity (Wildman–Crippen MR) is 143 cm³/mol. The number of hydrogen-bond donors (Lipinski definition) is 1. The molecule has 1 nitrogen and oxygen atoms in total. The summed E-state index contributed by atoms with van der Waals surface area (Å²) in [5.41, 5.74) is 5.32. The Balaban J connectivity index is 1.39. The molecule has 0 unspecified atom stereocenters. The van der Waals surface area contributed by atoms with Crippen LogP contribution in [0.4, 0.5) is 0 Å². The average molecular weight is 449 g/mol. The molecule has 0 saturated carbocycles. The van der Waals surface area contributed by atoms with Crippen LogP contribution >= 0.6 is 0 Å². The van der Waals surface area contributed by atoms with Crippen LogP contribution in [0.3, 0.4) is 0 Å². The van der Waals surface area contributed by atoms with Crippen molar-refractivity contribution in [2.45, 2.75) is 56.8 Å². The maximum atomic E-state index is 9.42. The van der Waals surface area contributed by atoms with E-state index in [1.165, 1.54) is 60.8 Å². The topological polar surface area (TPSA) is 20.2 Å². The first-order chi connectivity index (χ1) is 16.8.